The van der Waals surface area contributed by atoms with Crippen LogP contribution >= 0.6 is 0 Å². The zero-order valence-electron chi connectivity index (χ0n) is 18.6. The molecular weight excluding hydrogens is 430 g/mol. The van der Waals surface area contributed by atoms with Gasteiger partial charge in [-0.15, -0.1) is 0 Å². The van der Waals surface area contributed by atoms with Crippen molar-refractivity contribution >= 4 is 28.4 Å². The van der Waals surface area contributed by atoms with Gasteiger partial charge in [0.1, 0.15) is 17.6 Å². The summed E-state index contributed by atoms with van der Waals surface area (Å²) in [5.74, 6) is -0.817. The van der Waals surface area contributed by atoms with E-state index in [1.807, 2.05) is 30.5 Å². The largest absolute Gasteiger partial charge is 0.507 e. The molecule has 3 heterocycles. The molecule has 1 aliphatic rings. The molecule has 34 heavy (non-hydrogen) atoms. The molecule has 2 aromatic heterocycles. The van der Waals surface area contributed by atoms with Gasteiger partial charge in [0.15, 0.2) is 0 Å². The molecule has 7 heteroatoms. The van der Waals surface area contributed by atoms with Crippen molar-refractivity contribution in [3.63, 3.8) is 0 Å². The number of carbonyl (C=O) groups is 2. The number of fused-ring (bicyclic) bond motifs is 1. The second-order valence-electron chi connectivity index (χ2n) is 8.09. The molecule has 0 aliphatic carbocycles. The van der Waals surface area contributed by atoms with Gasteiger partial charge in [-0.3, -0.25) is 14.6 Å². The van der Waals surface area contributed by atoms with Gasteiger partial charge >= 0.3 is 0 Å². The van der Waals surface area contributed by atoms with Gasteiger partial charge in [-0.2, -0.15) is 0 Å². The molecular formula is C27H23N3O4. The number of aromatic nitrogens is 2. The lowest BCUT2D eigenvalue weighted by atomic mass is 9.98. The fourth-order valence-corrected chi connectivity index (χ4v) is 4.44. The number of amides is 1. The number of rotatable bonds is 6. The second-order valence-corrected chi connectivity index (χ2v) is 8.09. The molecule has 0 unspecified atom stereocenters. The number of nitrogens with zero attached hydrogens (tertiary/aromatic N) is 2. The van der Waals surface area contributed by atoms with Crippen LogP contribution in [-0.2, 0) is 16.0 Å². The first-order chi connectivity index (χ1) is 16.6. The monoisotopic (exact) mass is 453 g/mol. The average molecular weight is 453 g/mol. The number of aliphatic hydroxyl groups excluding tert-OH is 1. The first kappa shape index (κ1) is 21.5. The highest BCUT2D eigenvalue weighted by atomic mass is 16.5. The number of aromatic amines is 1. The molecule has 2 N–H and O–H groups in total. The molecule has 1 fully saturated rings. The van der Waals surface area contributed by atoms with Gasteiger partial charge in [-0.05, 0) is 42.3 Å². The number of benzene rings is 2. The summed E-state index contributed by atoms with van der Waals surface area (Å²) in [5.41, 5.74) is 3.02. The van der Waals surface area contributed by atoms with Crippen LogP contribution in [0.5, 0.6) is 5.75 Å². The van der Waals surface area contributed by atoms with Crippen LogP contribution in [-0.4, -0.2) is 45.3 Å². The van der Waals surface area contributed by atoms with Crippen molar-refractivity contribution in [2.24, 2.45) is 0 Å². The number of methoxy groups -OCH3 is 1. The zero-order chi connectivity index (χ0) is 23.7. The summed E-state index contributed by atoms with van der Waals surface area (Å²) in [6.07, 6.45) is 4.03. The number of likely N-dealkylation sites (tertiary alicyclic amines) is 1. The van der Waals surface area contributed by atoms with Gasteiger partial charge < -0.3 is 19.7 Å². The predicted octanol–water partition coefficient (Wildman–Crippen LogP) is 4.24. The Bertz CT molecular complexity index is 1390. The molecule has 7 nitrogen and oxygen atoms in total. The van der Waals surface area contributed by atoms with E-state index in [1.165, 1.54) is 4.90 Å². The molecule has 1 aliphatic heterocycles. The fourth-order valence-electron chi connectivity index (χ4n) is 4.44. The Balaban J connectivity index is 1.54. The molecule has 170 valence electrons. The van der Waals surface area contributed by atoms with E-state index in [-0.39, 0.29) is 17.9 Å². The Labute approximate surface area is 196 Å². The van der Waals surface area contributed by atoms with E-state index in [4.69, 9.17) is 4.74 Å². The molecule has 0 radical (unpaired) electrons. The predicted molar refractivity (Wildman–Crippen MR) is 128 cm³/mol. The molecule has 0 bridgehead atoms. The smallest absolute Gasteiger partial charge is 0.295 e. The van der Waals surface area contributed by atoms with Crippen molar-refractivity contribution in [3.8, 4) is 5.75 Å². The Morgan fingerprint density at radius 3 is 2.62 bits per heavy atom. The normalized spacial score (nSPS) is 17.4. The molecule has 5 rings (SSSR count). The topological polar surface area (TPSA) is 95.5 Å². The lowest BCUT2D eigenvalue weighted by Crippen LogP contribution is -2.32. The number of carbonyl (C=O) groups excluding carboxylic acids is 2. The van der Waals surface area contributed by atoms with Crippen molar-refractivity contribution in [2.75, 3.05) is 13.7 Å². The first-order valence-electron chi connectivity index (χ1n) is 11.0. The van der Waals surface area contributed by atoms with Crippen LogP contribution in [0.2, 0.25) is 0 Å². The number of ketones is 1. The van der Waals surface area contributed by atoms with Crippen LogP contribution in [0.25, 0.3) is 16.7 Å². The van der Waals surface area contributed by atoms with Crippen molar-refractivity contribution in [3.05, 3.63) is 102 Å². The minimum atomic E-state index is -0.777. The molecule has 4 aromatic rings. The van der Waals surface area contributed by atoms with E-state index in [2.05, 4.69) is 9.97 Å². The number of ether oxygens (including phenoxy) is 1. The number of aliphatic hydroxyl groups is 1. The highest BCUT2D eigenvalue weighted by Gasteiger charge is 2.46. The summed E-state index contributed by atoms with van der Waals surface area (Å²) < 4.78 is 5.35. The van der Waals surface area contributed by atoms with E-state index in [0.29, 0.717) is 17.7 Å². The maximum absolute atomic E-state index is 13.1. The van der Waals surface area contributed by atoms with E-state index >= 15 is 0 Å². The van der Waals surface area contributed by atoms with Gasteiger partial charge in [0.2, 0.25) is 0 Å². The fraction of sp³-hybridized carbons (Fsp3) is 0.148. The van der Waals surface area contributed by atoms with E-state index in [0.717, 1.165) is 22.2 Å². The van der Waals surface area contributed by atoms with Gasteiger partial charge in [-0.25, -0.2) is 0 Å². The quantitative estimate of drug-likeness (QED) is 0.259. The van der Waals surface area contributed by atoms with Crippen molar-refractivity contribution in [1.29, 1.82) is 0 Å². The Morgan fingerprint density at radius 2 is 1.88 bits per heavy atom. The standard InChI is InChI=1S/C27H23N3O4/c1-34-19-10-11-21-20(15-19)18(16-29-21)12-14-30-24(22-9-5-6-13-28-22)23(26(32)27(30)33)25(31)17-7-3-2-4-8-17/h2-11,13,15-16,24,29,31H,12,14H2,1H3/t24-/m1/s1. The number of hydrogen-bond acceptors (Lipinski definition) is 5. The van der Waals surface area contributed by atoms with Gasteiger partial charge in [0.05, 0.1) is 18.4 Å². The lowest BCUT2D eigenvalue weighted by Gasteiger charge is -2.24. The third kappa shape index (κ3) is 3.71. The number of Topliss-reactive ketones (excluding diaryl/α,β-unsaturated/α-hetero) is 1. The first-order valence-corrected chi connectivity index (χ1v) is 11.0. The number of pyridine rings is 1. The Morgan fingerprint density at radius 1 is 1.09 bits per heavy atom. The Hall–Kier alpha value is -4.39. The third-order valence-electron chi connectivity index (χ3n) is 6.15. The number of nitrogens with one attached hydrogen (secondary N) is 1. The van der Waals surface area contributed by atoms with Crippen LogP contribution in [0.3, 0.4) is 0 Å². The molecule has 1 saturated heterocycles. The SMILES string of the molecule is COc1ccc2[nH]cc(CCN3C(=O)C(=O)C(=C(O)c4ccccc4)[C@H]3c3ccccn3)c2c1. The Kier molecular flexibility index (Phi) is 5.59. The van der Waals surface area contributed by atoms with Crippen LogP contribution in [0.1, 0.15) is 22.9 Å². The third-order valence-corrected chi connectivity index (χ3v) is 6.15. The van der Waals surface area contributed by atoms with Crippen LogP contribution in [0.4, 0.5) is 0 Å². The van der Waals surface area contributed by atoms with E-state index in [1.54, 1.807) is 55.8 Å². The van der Waals surface area contributed by atoms with Gasteiger partial charge in [0, 0.05) is 35.4 Å². The number of hydrogen-bond donors (Lipinski definition) is 2. The zero-order valence-corrected chi connectivity index (χ0v) is 18.6. The average Bonchev–Trinajstić information content (AvgIpc) is 3.40. The van der Waals surface area contributed by atoms with Gasteiger partial charge in [-0.1, -0.05) is 36.4 Å². The molecule has 1 amide bonds. The summed E-state index contributed by atoms with van der Waals surface area (Å²) in [4.78, 5) is 35.4. The highest BCUT2D eigenvalue weighted by molar-refractivity contribution is 6.46. The maximum atomic E-state index is 13.1. The minimum absolute atomic E-state index is 0.0514. The van der Waals surface area contributed by atoms with Crippen LogP contribution < -0.4 is 4.74 Å². The molecule has 0 saturated carbocycles. The summed E-state index contributed by atoms with van der Waals surface area (Å²) in [6.45, 7) is 0.279. The van der Waals surface area contributed by atoms with E-state index in [9.17, 15) is 14.7 Å². The van der Waals surface area contributed by atoms with Crippen molar-refractivity contribution in [1.82, 2.24) is 14.9 Å². The second kappa shape index (κ2) is 8.86. The molecule has 1 atom stereocenters. The highest BCUT2D eigenvalue weighted by Crippen LogP contribution is 2.38. The minimum Gasteiger partial charge on any atom is -0.507 e. The summed E-state index contributed by atoms with van der Waals surface area (Å²) in [6, 6.07) is 19.1. The van der Waals surface area contributed by atoms with Gasteiger partial charge in [0.25, 0.3) is 11.7 Å². The molecule has 2 aromatic carbocycles. The van der Waals surface area contributed by atoms with Crippen LogP contribution in [0, 0.1) is 0 Å². The molecule has 0 spiro atoms. The van der Waals surface area contributed by atoms with Crippen molar-refractivity contribution in [2.45, 2.75) is 12.5 Å². The number of H-pyrrole nitrogens is 1. The summed E-state index contributed by atoms with van der Waals surface area (Å²) in [7, 11) is 1.62. The summed E-state index contributed by atoms with van der Waals surface area (Å²) >= 11 is 0. The maximum Gasteiger partial charge on any atom is 0.295 e. The summed E-state index contributed by atoms with van der Waals surface area (Å²) in [5, 5.41) is 12.0. The lowest BCUT2D eigenvalue weighted by molar-refractivity contribution is -0.139. The van der Waals surface area contributed by atoms with E-state index < -0.39 is 17.7 Å². The van der Waals surface area contributed by atoms with Crippen LogP contribution in [0.15, 0.2) is 84.7 Å². The van der Waals surface area contributed by atoms with Crippen molar-refractivity contribution < 1.29 is 19.4 Å².